The molecule has 2 aromatic rings. The van der Waals surface area contributed by atoms with Crippen LogP contribution in [0.15, 0.2) is 48.2 Å². The summed E-state index contributed by atoms with van der Waals surface area (Å²) in [5.74, 6) is -2.52. The molecule has 0 atom stereocenters. The number of hydrogen-bond donors (Lipinski definition) is 2. The van der Waals surface area contributed by atoms with Crippen LogP contribution in [0.2, 0.25) is 0 Å². The summed E-state index contributed by atoms with van der Waals surface area (Å²) in [5.41, 5.74) is 1.04. The molecule has 2 N–H and O–H groups in total. The lowest BCUT2D eigenvalue weighted by Gasteiger charge is -2.11. The largest absolute Gasteiger partial charge is 0.505 e. The van der Waals surface area contributed by atoms with Gasteiger partial charge in [0.25, 0.3) is 0 Å². The van der Waals surface area contributed by atoms with Gasteiger partial charge in [-0.2, -0.15) is 0 Å². The molecule has 0 unspecified atom stereocenters. The number of ether oxygens (including phenoxy) is 1. The van der Waals surface area contributed by atoms with E-state index < -0.39 is 23.6 Å². The molecular formula is C19H15FN2O5. The van der Waals surface area contributed by atoms with Gasteiger partial charge in [0.05, 0.1) is 5.69 Å². The lowest BCUT2D eigenvalue weighted by atomic mass is 10.2. The number of imide groups is 1. The van der Waals surface area contributed by atoms with Crippen molar-refractivity contribution >= 4 is 35.4 Å². The van der Waals surface area contributed by atoms with E-state index >= 15 is 0 Å². The standard InChI is InChI=1S/C19H15FN2O5/c1-2-17(24)21-12-4-6-13(7-5-12)22-18(25)16(27-19(22)26)10-11-3-8-15(23)14(20)9-11/h3-10,23H,2H2,1H3,(H,21,24)/b16-10+. The highest BCUT2D eigenvalue weighted by Gasteiger charge is 2.37. The number of cyclic esters (lactones) is 1. The van der Waals surface area contributed by atoms with E-state index in [0.29, 0.717) is 12.1 Å². The molecule has 0 saturated carbocycles. The van der Waals surface area contributed by atoms with E-state index in [0.717, 1.165) is 17.0 Å². The Hall–Kier alpha value is -3.68. The number of rotatable bonds is 4. The van der Waals surface area contributed by atoms with Gasteiger partial charge in [-0.05, 0) is 48.0 Å². The number of carbonyl (C=O) groups excluding carboxylic acids is 3. The number of nitrogens with zero attached hydrogens (tertiary/aromatic N) is 1. The number of phenols is 1. The van der Waals surface area contributed by atoms with Crippen molar-refractivity contribution in [3.8, 4) is 5.75 Å². The predicted molar refractivity (Wildman–Crippen MR) is 95.4 cm³/mol. The van der Waals surface area contributed by atoms with Crippen LogP contribution in [0.5, 0.6) is 5.75 Å². The van der Waals surface area contributed by atoms with Crippen LogP contribution in [0, 0.1) is 5.82 Å². The Balaban J connectivity index is 1.82. The molecule has 138 valence electrons. The zero-order chi connectivity index (χ0) is 19.6. The van der Waals surface area contributed by atoms with Crippen molar-refractivity contribution < 1.29 is 28.6 Å². The number of aromatic hydroxyl groups is 1. The fraction of sp³-hybridized carbons (Fsp3) is 0.105. The van der Waals surface area contributed by atoms with Crippen LogP contribution in [0.3, 0.4) is 0 Å². The number of benzene rings is 2. The van der Waals surface area contributed by atoms with Crippen LogP contribution in [0.1, 0.15) is 18.9 Å². The summed E-state index contributed by atoms with van der Waals surface area (Å²) < 4.78 is 18.4. The van der Waals surface area contributed by atoms with Crippen LogP contribution in [-0.2, 0) is 14.3 Å². The zero-order valence-corrected chi connectivity index (χ0v) is 14.2. The Labute approximate surface area is 153 Å². The Morgan fingerprint density at radius 2 is 1.93 bits per heavy atom. The van der Waals surface area contributed by atoms with Crippen molar-refractivity contribution in [1.29, 1.82) is 0 Å². The van der Waals surface area contributed by atoms with Crippen LogP contribution < -0.4 is 10.2 Å². The minimum absolute atomic E-state index is 0.161. The second kappa shape index (κ2) is 7.28. The minimum atomic E-state index is -0.893. The first-order valence-electron chi connectivity index (χ1n) is 8.05. The first-order chi connectivity index (χ1) is 12.9. The van der Waals surface area contributed by atoms with Crippen LogP contribution in [-0.4, -0.2) is 23.0 Å². The number of nitrogens with one attached hydrogen (secondary N) is 1. The summed E-state index contributed by atoms with van der Waals surface area (Å²) in [6.07, 6.45) is 0.638. The zero-order valence-electron chi connectivity index (χ0n) is 14.2. The number of amides is 3. The van der Waals surface area contributed by atoms with Gasteiger partial charge in [0.1, 0.15) is 0 Å². The maximum Gasteiger partial charge on any atom is 0.427 e. The molecule has 0 radical (unpaired) electrons. The number of carbonyl (C=O) groups is 3. The summed E-state index contributed by atoms with van der Waals surface area (Å²) in [7, 11) is 0. The Morgan fingerprint density at radius 1 is 1.22 bits per heavy atom. The molecular weight excluding hydrogens is 355 g/mol. The number of hydrogen-bond acceptors (Lipinski definition) is 5. The molecule has 1 aliphatic heterocycles. The monoisotopic (exact) mass is 370 g/mol. The van der Waals surface area contributed by atoms with E-state index in [1.807, 2.05) is 0 Å². The van der Waals surface area contributed by atoms with Crippen molar-refractivity contribution in [3.63, 3.8) is 0 Å². The van der Waals surface area contributed by atoms with Gasteiger partial charge in [-0.3, -0.25) is 9.59 Å². The van der Waals surface area contributed by atoms with Gasteiger partial charge >= 0.3 is 12.0 Å². The first-order valence-corrected chi connectivity index (χ1v) is 8.05. The molecule has 7 nitrogen and oxygen atoms in total. The van der Waals surface area contributed by atoms with Gasteiger partial charge in [0.15, 0.2) is 17.3 Å². The van der Waals surface area contributed by atoms with E-state index in [9.17, 15) is 23.9 Å². The van der Waals surface area contributed by atoms with E-state index in [4.69, 9.17) is 4.74 Å². The Kier molecular flexibility index (Phi) is 4.89. The lowest BCUT2D eigenvalue weighted by molar-refractivity contribution is -0.116. The van der Waals surface area contributed by atoms with Gasteiger partial charge in [-0.25, -0.2) is 14.1 Å². The van der Waals surface area contributed by atoms with Crippen molar-refractivity contribution in [2.45, 2.75) is 13.3 Å². The van der Waals surface area contributed by atoms with E-state index in [1.54, 1.807) is 19.1 Å². The van der Waals surface area contributed by atoms with Gasteiger partial charge < -0.3 is 15.2 Å². The molecule has 1 saturated heterocycles. The number of anilines is 2. The van der Waals surface area contributed by atoms with Gasteiger partial charge in [0, 0.05) is 12.1 Å². The molecule has 3 amide bonds. The Bertz CT molecular complexity index is 953. The summed E-state index contributed by atoms with van der Waals surface area (Å²) in [6, 6.07) is 9.62. The topological polar surface area (TPSA) is 95.9 Å². The molecule has 0 aromatic heterocycles. The summed E-state index contributed by atoms with van der Waals surface area (Å²) >= 11 is 0. The highest BCUT2D eigenvalue weighted by molar-refractivity contribution is 6.24. The van der Waals surface area contributed by atoms with E-state index in [-0.39, 0.29) is 22.9 Å². The normalized spacial score (nSPS) is 15.2. The van der Waals surface area contributed by atoms with Crippen LogP contribution in [0.25, 0.3) is 6.08 Å². The second-order valence-electron chi connectivity index (χ2n) is 5.68. The van der Waals surface area contributed by atoms with Gasteiger partial charge in [0.2, 0.25) is 5.91 Å². The molecule has 0 spiro atoms. The third-order valence-corrected chi connectivity index (χ3v) is 3.79. The SMILES string of the molecule is CCC(=O)Nc1ccc(N2C(=O)O/C(=C/c3ccc(O)c(F)c3)C2=O)cc1. The molecule has 27 heavy (non-hydrogen) atoms. The van der Waals surface area contributed by atoms with Crippen molar-refractivity contribution in [1.82, 2.24) is 0 Å². The van der Waals surface area contributed by atoms with E-state index in [1.165, 1.54) is 24.3 Å². The minimum Gasteiger partial charge on any atom is -0.505 e. The molecule has 8 heteroatoms. The maximum atomic E-state index is 13.4. The summed E-state index contributed by atoms with van der Waals surface area (Å²) in [6.45, 7) is 1.72. The molecule has 0 bridgehead atoms. The fourth-order valence-corrected chi connectivity index (χ4v) is 2.40. The molecule has 1 aliphatic rings. The summed E-state index contributed by atoms with van der Waals surface area (Å²) in [4.78, 5) is 36.8. The van der Waals surface area contributed by atoms with Crippen molar-refractivity contribution in [3.05, 3.63) is 59.6 Å². The smallest absolute Gasteiger partial charge is 0.427 e. The number of phenolic OH excluding ortho intramolecular Hbond substituents is 1. The fourth-order valence-electron chi connectivity index (χ4n) is 2.40. The third kappa shape index (κ3) is 3.79. The average Bonchev–Trinajstić information content (AvgIpc) is 2.92. The molecule has 0 aliphatic carbocycles. The quantitative estimate of drug-likeness (QED) is 0.804. The van der Waals surface area contributed by atoms with Gasteiger partial charge in [-0.15, -0.1) is 0 Å². The highest BCUT2D eigenvalue weighted by Crippen LogP contribution is 2.28. The van der Waals surface area contributed by atoms with Crippen molar-refractivity contribution in [2.24, 2.45) is 0 Å². The van der Waals surface area contributed by atoms with Crippen molar-refractivity contribution in [2.75, 3.05) is 10.2 Å². The molecule has 1 heterocycles. The Morgan fingerprint density at radius 3 is 2.56 bits per heavy atom. The van der Waals surface area contributed by atoms with Crippen LogP contribution in [0.4, 0.5) is 20.6 Å². The average molecular weight is 370 g/mol. The second-order valence-corrected chi connectivity index (χ2v) is 5.68. The highest BCUT2D eigenvalue weighted by atomic mass is 19.1. The summed E-state index contributed by atoms with van der Waals surface area (Å²) in [5, 5.41) is 11.9. The number of halogens is 1. The first kappa shape index (κ1) is 18.1. The van der Waals surface area contributed by atoms with E-state index in [2.05, 4.69) is 5.32 Å². The maximum absolute atomic E-state index is 13.4. The predicted octanol–water partition coefficient (Wildman–Crippen LogP) is 3.40. The molecule has 2 aromatic carbocycles. The molecule has 3 rings (SSSR count). The molecule has 1 fully saturated rings. The lowest BCUT2D eigenvalue weighted by Crippen LogP contribution is -2.28. The van der Waals surface area contributed by atoms with Crippen LogP contribution >= 0.6 is 0 Å². The third-order valence-electron chi connectivity index (χ3n) is 3.79. The van der Waals surface area contributed by atoms with Gasteiger partial charge in [-0.1, -0.05) is 13.0 Å².